The molecule has 0 saturated heterocycles. The molecule has 0 N–H and O–H groups in total. The van der Waals surface area contributed by atoms with Gasteiger partial charge in [-0.25, -0.2) is 15.0 Å². The Kier molecular flexibility index (Phi) is 7.54. The van der Waals surface area contributed by atoms with Gasteiger partial charge in [0, 0.05) is 49.3 Å². The molecule has 13 aromatic rings. The molecule has 0 aliphatic rings. The molecule has 0 aliphatic carbocycles. The van der Waals surface area contributed by atoms with Gasteiger partial charge in [-0.1, -0.05) is 164 Å². The molecule has 0 spiro atoms. The molecule has 3 heterocycles. The number of hydrogen-bond donors (Lipinski definition) is 0. The summed E-state index contributed by atoms with van der Waals surface area (Å²) in [6.45, 7) is 0. The van der Waals surface area contributed by atoms with Crippen molar-refractivity contribution < 1.29 is 0 Å². The molecular weight excluding hydrogens is 755 g/mol. The van der Waals surface area contributed by atoms with E-state index in [9.17, 15) is 0 Å². The molecule has 0 atom stereocenters. The fourth-order valence-corrected chi connectivity index (χ4v) is 9.65. The SMILES string of the molecule is c1ccc(-c2nc(-c3ccccc3)nc(-c3ccc4c(-n5c6cc(-n7c8ccccc8c8c9ccccc9ccc87)ccc6c6cc7ccccc7cc65)cccc4c3)n2)cc1. The highest BCUT2D eigenvalue weighted by molar-refractivity contribution is 6.22. The Hall–Kier alpha value is -8.41. The van der Waals surface area contributed by atoms with Crippen molar-refractivity contribution in [3.63, 3.8) is 0 Å². The molecule has 62 heavy (non-hydrogen) atoms. The monoisotopic (exact) mass is 789 g/mol. The summed E-state index contributed by atoms with van der Waals surface area (Å²) >= 11 is 0. The summed E-state index contributed by atoms with van der Waals surface area (Å²) in [5.74, 6) is 1.93. The van der Waals surface area contributed by atoms with Gasteiger partial charge in [-0.3, -0.25) is 0 Å². The van der Waals surface area contributed by atoms with Gasteiger partial charge >= 0.3 is 0 Å². The molecule has 0 fully saturated rings. The van der Waals surface area contributed by atoms with E-state index in [1.807, 2.05) is 60.7 Å². The van der Waals surface area contributed by atoms with Crippen LogP contribution in [-0.4, -0.2) is 24.1 Å². The molecular formula is C57H35N5. The summed E-state index contributed by atoms with van der Waals surface area (Å²) in [6, 6.07) is 75.9. The van der Waals surface area contributed by atoms with E-state index in [1.54, 1.807) is 0 Å². The number of nitrogens with zero attached hydrogens (tertiary/aromatic N) is 5. The van der Waals surface area contributed by atoms with Crippen molar-refractivity contribution in [2.75, 3.05) is 0 Å². The number of rotatable bonds is 5. The van der Waals surface area contributed by atoms with E-state index >= 15 is 0 Å². The van der Waals surface area contributed by atoms with Gasteiger partial charge in [-0.05, 0) is 75.5 Å². The van der Waals surface area contributed by atoms with Crippen molar-refractivity contribution in [2.45, 2.75) is 0 Å². The summed E-state index contributed by atoms with van der Waals surface area (Å²) in [5, 5.41) is 12.1. The van der Waals surface area contributed by atoms with Crippen LogP contribution in [-0.2, 0) is 0 Å². The first-order chi connectivity index (χ1) is 30.7. The molecule has 0 aliphatic heterocycles. The molecule has 0 radical (unpaired) electrons. The van der Waals surface area contributed by atoms with Crippen LogP contribution in [0, 0.1) is 0 Å². The highest BCUT2D eigenvalue weighted by Crippen LogP contribution is 2.41. The lowest BCUT2D eigenvalue weighted by Crippen LogP contribution is -2.00. The highest BCUT2D eigenvalue weighted by Gasteiger charge is 2.20. The van der Waals surface area contributed by atoms with Crippen LogP contribution in [0.3, 0.4) is 0 Å². The molecule has 0 saturated carbocycles. The van der Waals surface area contributed by atoms with Crippen molar-refractivity contribution in [3.8, 4) is 45.5 Å². The van der Waals surface area contributed by atoms with Gasteiger partial charge in [-0.15, -0.1) is 0 Å². The zero-order valence-electron chi connectivity index (χ0n) is 33.4. The Morgan fingerprint density at radius 1 is 0.274 bits per heavy atom. The first kappa shape index (κ1) is 34.5. The van der Waals surface area contributed by atoms with E-state index < -0.39 is 0 Å². The third-order valence-corrected chi connectivity index (χ3v) is 12.5. The third-order valence-electron chi connectivity index (χ3n) is 12.5. The van der Waals surface area contributed by atoms with Crippen LogP contribution in [0.2, 0.25) is 0 Å². The topological polar surface area (TPSA) is 48.5 Å². The minimum atomic E-state index is 0.636. The second-order valence-electron chi connectivity index (χ2n) is 16.0. The average molecular weight is 790 g/mol. The van der Waals surface area contributed by atoms with Crippen LogP contribution in [0.5, 0.6) is 0 Å². The van der Waals surface area contributed by atoms with Crippen LogP contribution < -0.4 is 0 Å². The summed E-state index contributed by atoms with van der Waals surface area (Å²) in [6.07, 6.45) is 0. The maximum absolute atomic E-state index is 5.05. The van der Waals surface area contributed by atoms with Crippen molar-refractivity contribution in [2.24, 2.45) is 0 Å². The minimum absolute atomic E-state index is 0.636. The first-order valence-electron chi connectivity index (χ1n) is 21.0. The lowest BCUT2D eigenvalue weighted by Gasteiger charge is -2.14. The average Bonchev–Trinajstić information content (AvgIpc) is 3.85. The Morgan fingerprint density at radius 2 is 0.871 bits per heavy atom. The standard InChI is InChI=1S/C57H35N5/c1-3-15-37(16-4-1)55-58-56(38-17-5-2-6-18-38)60-57(59-55)42-26-29-44-41(32-42)21-13-25-49(44)62-52-34-40-20-8-7-19-39(40)33-48(52)46-30-28-43(35-53(46)62)61-50-24-12-11-23-47(50)54-45-22-10-9-14-36(45)27-31-51(54)61/h1-35H. The van der Waals surface area contributed by atoms with Crippen LogP contribution in [0.25, 0.3) is 121 Å². The predicted molar refractivity (Wildman–Crippen MR) is 257 cm³/mol. The molecule has 0 amide bonds. The quantitative estimate of drug-likeness (QED) is 0.174. The summed E-state index contributed by atoms with van der Waals surface area (Å²) in [4.78, 5) is 15.0. The summed E-state index contributed by atoms with van der Waals surface area (Å²) in [5.41, 5.74) is 9.75. The van der Waals surface area contributed by atoms with Gasteiger partial charge in [0.25, 0.3) is 0 Å². The number of benzene rings is 10. The van der Waals surface area contributed by atoms with Crippen LogP contribution in [0.1, 0.15) is 0 Å². The Bertz CT molecular complexity index is 3860. The van der Waals surface area contributed by atoms with Gasteiger partial charge in [0.2, 0.25) is 0 Å². The Morgan fingerprint density at radius 3 is 1.63 bits per heavy atom. The maximum atomic E-state index is 5.05. The van der Waals surface area contributed by atoms with Gasteiger partial charge in [0.1, 0.15) is 0 Å². The number of hydrogen-bond acceptors (Lipinski definition) is 3. The third kappa shape index (κ3) is 5.32. The Labute approximate surface area is 356 Å². The van der Waals surface area contributed by atoms with Crippen molar-refractivity contribution in [1.29, 1.82) is 0 Å². The maximum Gasteiger partial charge on any atom is 0.164 e. The second kappa shape index (κ2) is 13.6. The largest absolute Gasteiger partial charge is 0.309 e. The minimum Gasteiger partial charge on any atom is -0.309 e. The van der Waals surface area contributed by atoms with E-state index in [4.69, 9.17) is 15.0 Å². The first-order valence-corrected chi connectivity index (χ1v) is 21.0. The van der Waals surface area contributed by atoms with Gasteiger partial charge in [0.15, 0.2) is 17.5 Å². The zero-order valence-corrected chi connectivity index (χ0v) is 33.4. The number of aromatic nitrogens is 5. The van der Waals surface area contributed by atoms with Gasteiger partial charge < -0.3 is 9.13 Å². The highest BCUT2D eigenvalue weighted by atomic mass is 15.0. The van der Waals surface area contributed by atoms with Gasteiger partial charge in [0.05, 0.1) is 27.8 Å². The number of fused-ring (bicyclic) bond motifs is 10. The molecule has 10 aromatic carbocycles. The molecule has 288 valence electrons. The lowest BCUT2D eigenvalue weighted by atomic mass is 10.0. The molecule has 13 rings (SSSR count). The summed E-state index contributed by atoms with van der Waals surface area (Å²) < 4.78 is 4.91. The number of para-hydroxylation sites is 1. The normalized spacial score (nSPS) is 11.9. The van der Waals surface area contributed by atoms with Gasteiger partial charge in [-0.2, -0.15) is 0 Å². The van der Waals surface area contributed by atoms with E-state index in [0.717, 1.165) is 49.9 Å². The van der Waals surface area contributed by atoms with E-state index in [0.29, 0.717) is 17.5 Å². The van der Waals surface area contributed by atoms with Crippen molar-refractivity contribution in [3.05, 3.63) is 212 Å². The van der Waals surface area contributed by atoms with Crippen molar-refractivity contribution in [1.82, 2.24) is 24.1 Å². The predicted octanol–water partition coefficient (Wildman–Crippen LogP) is 14.5. The molecule has 0 unspecified atom stereocenters. The molecule has 5 heteroatoms. The fourth-order valence-electron chi connectivity index (χ4n) is 9.65. The molecule has 5 nitrogen and oxygen atoms in total. The van der Waals surface area contributed by atoms with Crippen molar-refractivity contribution >= 4 is 75.9 Å². The van der Waals surface area contributed by atoms with E-state index in [1.165, 1.54) is 54.1 Å². The van der Waals surface area contributed by atoms with Crippen LogP contribution in [0.15, 0.2) is 212 Å². The lowest BCUT2D eigenvalue weighted by molar-refractivity contribution is 1.07. The fraction of sp³-hybridized carbons (Fsp3) is 0. The second-order valence-corrected chi connectivity index (χ2v) is 16.0. The van der Waals surface area contributed by atoms with E-state index in [2.05, 4.69) is 161 Å². The summed E-state index contributed by atoms with van der Waals surface area (Å²) in [7, 11) is 0. The molecule has 0 bridgehead atoms. The molecule has 3 aromatic heterocycles. The zero-order chi connectivity index (χ0) is 40.7. The Balaban J connectivity index is 1.04. The van der Waals surface area contributed by atoms with Crippen LogP contribution >= 0.6 is 0 Å². The smallest absolute Gasteiger partial charge is 0.164 e. The van der Waals surface area contributed by atoms with E-state index in [-0.39, 0.29) is 0 Å². The van der Waals surface area contributed by atoms with Crippen LogP contribution in [0.4, 0.5) is 0 Å².